The molecule has 2 aliphatic heterocycles. The molecule has 1 aromatic rings. The molecule has 2 N–H and O–H groups in total. The molecule has 21 heavy (non-hydrogen) atoms. The lowest BCUT2D eigenvalue weighted by atomic mass is 10.1. The summed E-state index contributed by atoms with van der Waals surface area (Å²) >= 11 is 0. The zero-order chi connectivity index (χ0) is 14.8. The molecule has 3 heterocycles. The minimum absolute atomic E-state index is 0.105. The second-order valence-corrected chi connectivity index (χ2v) is 6.21. The normalized spacial score (nSPS) is 25.6. The lowest BCUT2D eigenvalue weighted by molar-refractivity contribution is 0.0743. The molecule has 0 saturated carbocycles. The second-order valence-electron chi connectivity index (χ2n) is 6.21. The summed E-state index contributed by atoms with van der Waals surface area (Å²) in [6.45, 7) is 5.53. The van der Waals surface area contributed by atoms with Gasteiger partial charge in [-0.15, -0.1) is 0 Å². The van der Waals surface area contributed by atoms with Crippen LogP contribution in [0.5, 0.6) is 0 Å². The van der Waals surface area contributed by atoms with E-state index in [2.05, 4.69) is 16.8 Å². The van der Waals surface area contributed by atoms with Crippen LogP contribution >= 0.6 is 0 Å². The number of carbonyl (C=O) groups excluding carboxylic acids is 1. The lowest BCUT2D eigenvalue weighted by Crippen LogP contribution is -2.36. The summed E-state index contributed by atoms with van der Waals surface area (Å²) in [7, 11) is 0. The van der Waals surface area contributed by atoms with Crippen LogP contribution in [-0.4, -0.2) is 48.0 Å². The van der Waals surface area contributed by atoms with E-state index in [0.717, 1.165) is 37.4 Å². The molecule has 2 unspecified atom stereocenters. The Hall–Kier alpha value is -1.62. The van der Waals surface area contributed by atoms with Crippen molar-refractivity contribution in [1.82, 2.24) is 9.88 Å². The Labute approximate surface area is 126 Å². The monoisotopic (exact) mass is 288 g/mol. The summed E-state index contributed by atoms with van der Waals surface area (Å²) in [6.07, 6.45) is 5.14. The van der Waals surface area contributed by atoms with Gasteiger partial charge in [0.1, 0.15) is 5.82 Å². The zero-order valence-corrected chi connectivity index (χ0v) is 12.7. The number of nitrogens with zero attached hydrogens (tertiary/aromatic N) is 3. The fourth-order valence-corrected chi connectivity index (χ4v) is 3.50. The Morgan fingerprint density at radius 1 is 1.43 bits per heavy atom. The Bertz CT molecular complexity index is 513. The number of aromatic nitrogens is 1. The number of hydrogen-bond donors (Lipinski definition) is 1. The van der Waals surface area contributed by atoms with Gasteiger partial charge in [0.15, 0.2) is 0 Å². The van der Waals surface area contributed by atoms with Crippen molar-refractivity contribution in [3.05, 3.63) is 23.9 Å². The van der Waals surface area contributed by atoms with Crippen LogP contribution in [0.15, 0.2) is 18.3 Å². The van der Waals surface area contributed by atoms with Gasteiger partial charge in [0.05, 0.1) is 5.56 Å². The summed E-state index contributed by atoms with van der Waals surface area (Å²) in [5.41, 5.74) is 6.51. The maximum absolute atomic E-state index is 12.9. The number of hydrogen-bond acceptors (Lipinski definition) is 4. The quantitative estimate of drug-likeness (QED) is 0.915. The molecule has 0 spiro atoms. The lowest BCUT2D eigenvalue weighted by Gasteiger charge is -2.25. The highest BCUT2D eigenvalue weighted by Gasteiger charge is 2.33. The summed E-state index contributed by atoms with van der Waals surface area (Å²) in [5, 5.41) is 0. The Balaban J connectivity index is 1.84. The van der Waals surface area contributed by atoms with Crippen LogP contribution in [0.1, 0.15) is 36.5 Å². The molecule has 0 bridgehead atoms. The molecule has 5 nitrogen and oxygen atoms in total. The van der Waals surface area contributed by atoms with Crippen LogP contribution < -0.4 is 10.6 Å². The van der Waals surface area contributed by atoms with Crippen molar-refractivity contribution in [1.29, 1.82) is 0 Å². The molecule has 0 radical (unpaired) electrons. The molecular weight excluding hydrogens is 264 g/mol. The minimum Gasteiger partial charge on any atom is -0.356 e. The molecule has 5 heteroatoms. The van der Waals surface area contributed by atoms with E-state index < -0.39 is 0 Å². The van der Waals surface area contributed by atoms with E-state index in [0.29, 0.717) is 12.5 Å². The number of rotatable bonds is 3. The van der Waals surface area contributed by atoms with E-state index in [4.69, 9.17) is 5.73 Å². The number of anilines is 1. The zero-order valence-electron chi connectivity index (χ0n) is 12.7. The van der Waals surface area contributed by atoms with E-state index in [-0.39, 0.29) is 11.9 Å². The highest BCUT2D eigenvalue weighted by atomic mass is 16.2. The predicted molar refractivity (Wildman–Crippen MR) is 83.3 cm³/mol. The van der Waals surface area contributed by atoms with Crippen molar-refractivity contribution in [3.8, 4) is 0 Å². The maximum Gasteiger partial charge on any atom is 0.257 e. The van der Waals surface area contributed by atoms with Crippen molar-refractivity contribution in [2.75, 3.05) is 31.1 Å². The first kappa shape index (κ1) is 14.3. The van der Waals surface area contributed by atoms with Crippen molar-refractivity contribution in [2.24, 2.45) is 11.7 Å². The van der Waals surface area contributed by atoms with E-state index in [1.165, 1.54) is 12.8 Å². The third kappa shape index (κ3) is 2.75. The topological polar surface area (TPSA) is 62.5 Å². The molecule has 2 atom stereocenters. The molecule has 1 aromatic heterocycles. The molecule has 2 saturated heterocycles. The third-order valence-electron chi connectivity index (χ3n) is 4.68. The van der Waals surface area contributed by atoms with Gasteiger partial charge in [-0.3, -0.25) is 4.79 Å². The van der Waals surface area contributed by atoms with Gasteiger partial charge in [-0.1, -0.05) is 0 Å². The van der Waals surface area contributed by atoms with Crippen LogP contribution in [0.2, 0.25) is 0 Å². The molecule has 0 aromatic carbocycles. The van der Waals surface area contributed by atoms with Gasteiger partial charge in [0.25, 0.3) is 5.91 Å². The van der Waals surface area contributed by atoms with Crippen molar-refractivity contribution >= 4 is 11.7 Å². The minimum atomic E-state index is 0.105. The molecule has 3 rings (SSSR count). The van der Waals surface area contributed by atoms with Crippen molar-refractivity contribution < 1.29 is 4.79 Å². The van der Waals surface area contributed by atoms with E-state index >= 15 is 0 Å². The number of likely N-dealkylation sites (tertiary alicyclic amines) is 1. The van der Waals surface area contributed by atoms with Gasteiger partial charge in [-0.25, -0.2) is 4.98 Å². The highest BCUT2D eigenvalue weighted by molar-refractivity contribution is 5.99. The fraction of sp³-hybridized carbons (Fsp3) is 0.625. The number of carbonyl (C=O) groups is 1. The number of nitrogens with two attached hydrogens (primary N) is 1. The smallest absolute Gasteiger partial charge is 0.257 e. The second kappa shape index (κ2) is 6.02. The molecular formula is C16H24N4O. The van der Waals surface area contributed by atoms with Crippen LogP contribution in [0.25, 0.3) is 0 Å². The third-order valence-corrected chi connectivity index (χ3v) is 4.68. The Kier molecular flexibility index (Phi) is 4.10. The van der Waals surface area contributed by atoms with E-state index in [9.17, 15) is 4.79 Å². The average molecular weight is 288 g/mol. The van der Waals surface area contributed by atoms with Crippen LogP contribution in [0.3, 0.4) is 0 Å². The summed E-state index contributed by atoms with van der Waals surface area (Å²) < 4.78 is 0. The first-order chi connectivity index (χ1) is 10.2. The van der Waals surface area contributed by atoms with Crippen molar-refractivity contribution in [3.63, 3.8) is 0 Å². The van der Waals surface area contributed by atoms with Crippen LogP contribution in [0.4, 0.5) is 5.82 Å². The van der Waals surface area contributed by atoms with Gasteiger partial charge in [0.2, 0.25) is 0 Å². The van der Waals surface area contributed by atoms with E-state index in [1.54, 1.807) is 6.20 Å². The fourth-order valence-electron chi connectivity index (χ4n) is 3.50. The van der Waals surface area contributed by atoms with Crippen LogP contribution in [-0.2, 0) is 0 Å². The number of amides is 1. The van der Waals surface area contributed by atoms with Gasteiger partial charge in [0, 0.05) is 31.9 Å². The van der Waals surface area contributed by atoms with Crippen LogP contribution in [0, 0.1) is 5.92 Å². The first-order valence-electron chi connectivity index (χ1n) is 7.91. The largest absolute Gasteiger partial charge is 0.356 e. The van der Waals surface area contributed by atoms with Gasteiger partial charge in [-0.05, 0) is 50.8 Å². The number of pyridine rings is 1. The van der Waals surface area contributed by atoms with E-state index in [1.807, 2.05) is 17.0 Å². The highest BCUT2D eigenvalue weighted by Crippen LogP contribution is 2.28. The maximum atomic E-state index is 12.9. The summed E-state index contributed by atoms with van der Waals surface area (Å²) in [4.78, 5) is 21.6. The average Bonchev–Trinajstić information content (AvgIpc) is 3.16. The standard InChI is InChI=1S/C16H24N4O/c1-12-9-13(10-17)11-20(12)16(21)14-5-4-6-18-15(14)19-7-2-3-8-19/h4-6,12-13H,2-3,7-11,17H2,1H3. The van der Waals surface area contributed by atoms with Gasteiger partial charge < -0.3 is 15.5 Å². The van der Waals surface area contributed by atoms with Crippen molar-refractivity contribution in [2.45, 2.75) is 32.2 Å². The molecule has 2 fully saturated rings. The predicted octanol–water partition coefficient (Wildman–Crippen LogP) is 1.49. The molecule has 0 aliphatic carbocycles. The Morgan fingerprint density at radius 2 is 2.19 bits per heavy atom. The van der Waals surface area contributed by atoms with Gasteiger partial charge in [-0.2, -0.15) is 0 Å². The van der Waals surface area contributed by atoms with Gasteiger partial charge >= 0.3 is 0 Å². The molecule has 1 amide bonds. The molecule has 2 aliphatic rings. The first-order valence-corrected chi connectivity index (χ1v) is 7.91. The summed E-state index contributed by atoms with van der Waals surface area (Å²) in [6, 6.07) is 4.03. The Morgan fingerprint density at radius 3 is 2.86 bits per heavy atom. The molecule has 114 valence electrons. The SMILES string of the molecule is CC1CC(CN)CN1C(=O)c1cccnc1N1CCCC1. The summed E-state index contributed by atoms with van der Waals surface area (Å²) in [5.74, 6) is 1.38.